The van der Waals surface area contributed by atoms with E-state index in [2.05, 4.69) is 29.2 Å². The molecule has 74 valence electrons. The smallest absolute Gasteiger partial charge is 0.0661 e. The number of nitrogens with zero attached hydrogens (tertiary/aromatic N) is 1. The molecule has 0 aromatic carbocycles. The molecule has 0 saturated carbocycles. The topological polar surface area (TPSA) is 24.9 Å². The zero-order valence-corrected chi connectivity index (χ0v) is 8.75. The van der Waals surface area contributed by atoms with Gasteiger partial charge < -0.3 is 0 Å². The van der Waals surface area contributed by atoms with E-state index in [4.69, 9.17) is 6.42 Å². The van der Waals surface area contributed by atoms with E-state index < -0.39 is 0 Å². The van der Waals surface area contributed by atoms with Gasteiger partial charge in [-0.2, -0.15) is 0 Å². The first-order valence-electron chi connectivity index (χ1n) is 4.90. The summed E-state index contributed by atoms with van der Waals surface area (Å²) in [6.45, 7) is 4.84. The molecule has 0 amide bonds. The summed E-state index contributed by atoms with van der Waals surface area (Å²) in [5.41, 5.74) is 2.38. The van der Waals surface area contributed by atoms with E-state index >= 15 is 0 Å². The molecule has 1 aromatic heterocycles. The second-order valence-electron chi connectivity index (χ2n) is 3.23. The minimum Gasteiger partial charge on any atom is -0.298 e. The first kappa shape index (κ1) is 10.7. The van der Waals surface area contributed by atoms with Crippen molar-refractivity contribution >= 4 is 0 Å². The highest BCUT2D eigenvalue weighted by atomic mass is 14.9. The molecule has 2 heteroatoms. The van der Waals surface area contributed by atoms with Crippen molar-refractivity contribution in [3.8, 4) is 12.3 Å². The Morgan fingerprint density at radius 1 is 1.64 bits per heavy atom. The lowest BCUT2D eigenvalue weighted by atomic mass is 10.1. The summed E-state index contributed by atoms with van der Waals surface area (Å²) in [6.07, 6.45) is 8.10. The van der Waals surface area contributed by atoms with E-state index in [1.807, 2.05) is 19.2 Å². The summed E-state index contributed by atoms with van der Waals surface area (Å²) in [7, 11) is 0. The molecule has 0 bridgehead atoms. The second kappa shape index (κ2) is 5.41. The largest absolute Gasteiger partial charge is 0.298 e. The molecular formula is C12H16N2. The molecule has 1 heterocycles. The standard InChI is InChI=1S/C12H16N2/c1-4-10(3)14-9-12-11(5-2)7-6-8-13-12/h1,6-8,10,14H,5,9H2,2-3H3. The van der Waals surface area contributed by atoms with E-state index in [0.29, 0.717) is 0 Å². The quantitative estimate of drug-likeness (QED) is 0.728. The number of terminal acetylenes is 1. The van der Waals surface area contributed by atoms with Gasteiger partial charge in [-0.05, 0) is 25.0 Å². The molecule has 0 aliphatic rings. The lowest BCUT2D eigenvalue weighted by Crippen LogP contribution is -2.24. The maximum atomic E-state index is 5.27. The van der Waals surface area contributed by atoms with E-state index in [1.165, 1.54) is 5.56 Å². The van der Waals surface area contributed by atoms with E-state index in [1.54, 1.807) is 0 Å². The van der Waals surface area contributed by atoms with E-state index in [0.717, 1.165) is 18.7 Å². The van der Waals surface area contributed by atoms with Crippen LogP contribution in [0.25, 0.3) is 0 Å². The second-order valence-corrected chi connectivity index (χ2v) is 3.23. The van der Waals surface area contributed by atoms with Crippen LogP contribution in [0.1, 0.15) is 25.1 Å². The lowest BCUT2D eigenvalue weighted by molar-refractivity contribution is 0.633. The molecule has 1 aromatic rings. The van der Waals surface area contributed by atoms with Gasteiger partial charge in [0, 0.05) is 12.7 Å². The summed E-state index contributed by atoms with van der Waals surface area (Å²) >= 11 is 0. The summed E-state index contributed by atoms with van der Waals surface area (Å²) in [5.74, 6) is 2.63. The number of nitrogens with one attached hydrogen (secondary N) is 1. The number of pyridine rings is 1. The van der Waals surface area contributed by atoms with Crippen molar-refractivity contribution in [2.75, 3.05) is 0 Å². The Hall–Kier alpha value is -1.33. The van der Waals surface area contributed by atoms with Crippen molar-refractivity contribution in [1.29, 1.82) is 0 Å². The minimum atomic E-state index is 0.0988. The summed E-state index contributed by atoms with van der Waals surface area (Å²) in [4.78, 5) is 4.32. The average Bonchev–Trinajstić information content (AvgIpc) is 2.26. The Morgan fingerprint density at radius 2 is 2.43 bits per heavy atom. The third-order valence-electron chi connectivity index (χ3n) is 2.19. The van der Waals surface area contributed by atoms with Crippen LogP contribution in [0.5, 0.6) is 0 Å². The van der Waals surface area contributed by atoms with Gasteiger partial charge in [-0.1, -0.05) is 18.9 Å². The fourth-order valence-electron chi connectivity index (χ4n) is 1.26. The number of aromatic nitrogens is 1. The van der Waals surface area contributed by atoms with Crippen molar-refractivity contribution in [2.45, 2.75) is 32.9 Å². The Kier molecular flexibility index (Phi) is 4.15. The first-order valence-corrected chi connectivity index (χ1v) is 4.90. The van der Waals surface area contributed by atoms with Crippen LogP contribution in [0.4, 0.5) is 0 Å². The Balaban J connectivity index is 2.63. The summed E-state index contributed by atoms with van der Waals surface area (Å²) in [5, 5.41) is 3.22. The zero-order chi connectivity index (χ0) is 10.4. The van der Waals surface area contributed by atoms with Gasteiger partial charge in [0.2, 0.25) is 0 Å². The Bertz CT molecular complexity index is 325. The van der Waals surface area contributed by atoms with E-state index in [9.17, 15) is 0 Å². The molecule has 1 rings (SSSR count). The fourth-order valence-corrected chi connectivity index (χ4v) is 1.26. The normalized spacial score (nSPS) is 12.1. The van der Waals surface area contributed by atoms with Crippen LogP contribution in [-0.4, -0.2) is 11.0 Å². The monoisotopic (exact) mass is 188 g/mol. The molecule has 1 atom stereocenters. The fraction of sp³-hybridized carbons (Fsp3) is 0.417. The van der Waals surface area contributed by atoms with Gasteiger partial charge in [-0.15, -0.1) is 6.42 Å². The molecule has 0 aliphatic carbocycles. The van der Waals surface area contributed by atoms with Crippen LogP contribution in [0.3, 0.4) is 0 Å². The Labute approximate surface area is 85.8 Å². The molecule has 14 heavy (non-hydrogen) atoms. The van der Waals surface area contributed by atoms with Crippen LogP contribution < -0.4 is 5.32 Å². The molecule has 1 N–H and O–H groups in total. The highest BCUT2D eigenvalue weighted by molar-refractivity contribution is 5.19. The Morgan fingerprint density at radius 3 is 3.07 bits per heavy atom. The van der Waals surface area contributed by atoms with Gasteiger partial charge in [0.25, 0.3) is 0 Å². The number of hydrogen-bond acceptors (Lipinski definition) is 2. The zero-order valence-electron chi connectivity index (χ0n) is 8.75. The van der Waals surface area contributed by atoms with Crippen LogP contribution in [0.15, 0.2) is 18.3 Å². The summed E-state index contributed by atoms with van der Waals surface area (Å²) < 4.78 is 0. The first-order chi connectivity index (χ1) is 6.77. The summed E-state index contributed by atoms with van der Waals surface area (Å²) in [6, 6.07) is 4.17. The highest BCUT2D eigenvalue weighted by Gasteiger charge is 2.02. The molecule has 0 fully saturated rings. The van der Waals surface area contributed by atoms with Crippen LogP contribution in [-0.2, 0) is 13.0 Å². The maximum Gasteiger partial charge on any atom is 0.0661 e. The highest BCUT2D eigenvalue weighted by Crippen LogP contribution is 2.05. The molecule has 0 spiro atoms. The van der Waals surface area contributed by atoms with Crippen molar-refractivity contribution in [3.05, 3.63) is 29.6 Å². The predicted octanol–water partition coefficient (Wildman–Crippen LogP) is 1.76. The number of aryl methyl sites for hydroxylation is 1. The molecule has 2 nitrogen and oxygen atoms in total. The van der Waals surface area contributed by atoms with Gasteiger partial charge in [-0.25, -0.2) is 0 Å². The van der Waals surface area contributed by atoms with Gasteiger partial charge in [0.05, 0.1) is 11.7 Å². The van der Waals surface area contributed by atoms with Crippen molar-refractivity contribution in [1.82, 2.24) is 10.3 Å². The van der Waals surface area contributed by atoms with Crippen LogP contribution in [0, 0.1) is 12.3 Å². The lowest BCUT2D eigenvalue weighted by Gasteiger charge is -2.09. The van der Waals surface area contributed by atoms with Gasteiger partial charge in [0.1, 0.15) is 0 Å². The molecule has 0 aliphatic heterocycles. The average molecular weight is 188 g/mol. The van der Waals surface area contributed by atoms with Crippen molar-refractivity contribution < 1.29 is 0 Å². The van der Waals surface area contributed by atoms with Gasteiger partial charge in [-0.3, -0.25) is 10.3 Å². The van der Waals surface area contributed by atoms with Gasteiger partial charge in [0.15, 0.2) is 0 Å². The molecule has 0 saturated heterocycles. The molecular weight excluding hydrogens is 172 g/mol. The number of hydrogen-bond donors (Lipinski definition) is 1. The van der Waals surface area contributed by atoms with Crippen LogP contribution >= 0.6 is 0 Å². The maximum absolute atomic E-state index is 5.27. The third kappa shape index (κ3) is 2.86. The predicted molar refractivity (Wildman–Crippen MR) is 58.7 cm³/mol. The minimum absolute atomic E-state index is 0.0988. The number of rotatable bonds is 4. The molecule has 1 unspecified atom stereocenters. The van der Waals surface area contributed by atoms with E-state index in [-0.39, 0.29) is 6.04 Å². The van der Waals surface area contributed by atoms with Crippen molar-refractivity contribution in [2.24, 2.45) is 0 Å². The van der Waals surface area contributed by atoms with Gasteiger partial charge >= 0.3 is 0 Å². The SMILES string of the molecule is C#CC(C)NCc1ncccc1CC. The third-order valence-corrected chi connectivity index (χ3v) is 2.19. The molecule has 0 radical (unpaired) electrons. The van der Waals surface area contributed by atoms with Crippen molar-refractivity contribution in [3.63, 3.8) is 0 Å². The van der Waals surface area contributed by atoms with Crippen LogP contribution in [0.2, 0.25) is 0 Å².